The average molecular weight is 431 g/mol. The number of carbonyl (C=O) groups excluding carboxylic acids is 2. The van der Waals surface area contributed by atoms with E-state index in [0.29, 0.717) is 17.3 Å². The van der Waals surface area contributed by atoms with Crippen LogP contribution in [0.3, 0.4) is 0 Å². The van der Waals surface area contributed by atoms with Crippen molar-refractivity contribution in [2.24, 2.45) is 0 Å². The molecule has 0 saturated carbocycles. The molecule has 2 aromatic carbocycles. The summed E-state index contributed by atoms with van der Waals surface area (Å²) in [5.41, 5.74) is 3.02. The molecule has 0 aliphatic rings. The number of rotatable bonds is 9. The molecule has 0 aliphatic carbocycles. The van der Waals surface area contributed by atoms with Crippen LogP contribution in [0.1, 0.15) is 43.9 Å². The molecule has 162 valence electrons. The first-order chi connectivity index (χ1) is 14.2. The van der Waals surface area contributed by atoms with E-state index in [1.54, 1.807) is 24.0 Å². The molecular weight excluding hydrogens is 400 g/mol. The van der Waals surface area contributed by atoms with Gasteiger partial charge in [-0.3, -0.25) is 9.59 Å². The van der Waals surface area contributed by atoms with Gasteiger partial charge in [0.1, 0.15) is 11.8 Å². The maximum atomic E-state index is 13.1. The number of benzene rings is 2. The molecule has 0 saturated heterocycles. The lowest BCUT2D eigenvalue weighted by molar-refractivity contribution is -0.142. The zero-order valence-electron chi connectivity index (χ0n) is 18.4. The van der Waals surface area contributed by atoms with Crippen LogP contribution in [-0.4, -0.2) is 35.4 Å². The van der Waals surface area contributed by atoms with Crippen LogP contribution in [0.5, 0.6) is 5.75 Å². The van der Waals surface area contributed by atoms with Gasteiger partial charge in [-0.1, -0.05) is 36.7 Å². The number of ether oxygens (including phenoxy) is 1. The normalized spacial score (nSPS) is 12.7. The zero-order valence-corrected chi connectivity index (χ0v) is 19.1. The lowest BCUT2D eigenvalue weighted by Gasteiger charge is -2.29. The van der Waals surface area contributed by atoms with Crippen LogP contribution in [0.25, 0.3) is 0 Å². The van der Waals surface area contributed by atoms with Gasteiger partial charge < -0.3 is 15.0 Å². The van der Waals surface area contributed by atoms with Gasteiger partial charge in [0.2, 0.25) is 5.91 Å². The Morgan fingerprint density at radius 1 is 1.07 bits per heavy atom. The third kappa shape index (κ3) is 7.06. The van der Waals surface area contributed by atoms with Crippen molar-refractivity contribution in [2.45, 2.75) is 59.7 Å². The van der Waals surface area contributed by atoms with Gasteiger partial charge in [-0.2, -0.15) is 0 Å². The number of nitrogens with zero attached hydrogens (tertiary/aromatic N) is 1. The zero-order chi connectivity index (χ0) is 22.3. The second-order valence-electron chi connectivity index (χ2n) is 7.75. The van der Waals surface area contributed by atoms with Crippen molar-refractivity contribution < 1.29 is 14.3 Å². The van der Waals surface area contributed by atoms with Gasteiger partial charge in [0.15, 0.2) is 6.61 Å². The molecule has 0 aromatic heterocycles. The van der Waals surface area contributed by atoms with E-state index >= 15 is 0 Å². The summed E-state index contributed by atoms with van der Waals surface area (Å²) < 4.78 is 5.76. The summed E-state index contributed by atoms with van der Waals surface area (Å²) in [6.45, 7) is 9.80. The largest absolute Gasteiger partial charge is 0.484 e. The van der Waals surface area contributed by atoms with Crippen molar-refractivity contribution in [3.05, 3.63) is 64.2 Å². The predicted molar refractivity (Wildman–Crippen MR) is 121 cm³/mol. The van der Waals surface area contributed by atoms with E-state index in [9.17, 15) is 9.59 Å². The van der Waals surface area contributed by atoms with E-state index in [0.717, 1.165) is 23.1 Å². The number of nitrogens with one attached hydrogen (secondary N) is 1. The molecule has 30 heavy (non-hydrogen) atoms. The molecule has 0 heterocycles. The molecule has 0 unspecified atom stereocenters. The average Bonchev–Trinajstić information content (AvgIpc) is 2.70. The van der Waals surface area contributed by atoms with Crippen LogP contribution < -0.4 is 10.1 Å². The summed E-state index contributed by atoms with van der Waals surface area (Å²) in [5, 5.41) is 3.58. The van der Waals surface area contributed by atoms with E-state index in [1.165, 1.54) is 0 Å². The smallest absolute Gasteiger partial charge is 0.261 e. The number of aryl methyl sites for hydroxylation is 2. The lowest BCUT2D eigenvalue weighted by Crippen LogP contribution is -2.50. The fourth-order valence-electron chi connectivity index (χ4n) is 3.08. The van der Waals surface area contributed by atoms with Gasteiger partial charge in [0.25, 0.3) is 5.91 Å². The molecule has 1 N–H and O–H groups in total. The molecule has 2 amide bonds. The fourth-order valence-corrected chi connectivity index (χ4v) is 3.20. The Labute approximate surface area is 184 Å². The molecule has 5 nitrogen and oxygen atoms in total. The van der Waals surface area contributed by atoms with Gasteiger partial charge in [-0.05, 0) is 75.1 Å². The highest BCUT2D eigenvalue weighted by Gasteiger charge is 2.27. The molecular formula is C24H31ClN2O3. The Balaban J connectivity index is 2.16. The highest BCUT2D eigenvalue weighted by molar-refractivity contribution is 6.30. The summed E-state index contributed by atoms with van der Waals surface area (Å²) >= 11 is 5.98. The maximum Gasteiger partial charge on any atom is 0.261 e. The van der Waals surface area contributed by atoms with Crippen LogP contribution in [0.15, 0.2) is 42.5 Å². The van der Waals surface area contributed by atoms with Crippen LogP contribution >= 0.6 is 11.6 Å². The quantitative estimate of drug-likeness (QED) is 0.629. The first-order valence-corrected chi connectivity index (χ1v) is 10.6. The minimum Gasteiger partial charge on any atom is -0.484 e. The van der Waals surface area contributed by atoms with Gasteiger partial charge in [-0.25, -0.2) is 0 Å². The van der Waals surface area contributed by atoms with Crippen molar-refractivity contribution in [3.8, 4) is 5.75 Å². The highest BCUT2D eigenvalue weighted by Crippen LogP contribution is 2.18. The summed E-state index contributed by atoms with van der Waals surface area (Å²) in [5.74, 6) is 0.206. The van der Waals surface area contributed by atoms with Crippen LogP contribution in [0.4, 0.5) is 0 Å². The first-order valence-electron chi connectivity index (χ1n) is 10.2. The molecule has 0 spiro atoms. The Morgan fingerprint density at radius 2 is 1.67 bits per heavy atom. The van der Waals surface area contributed by atoms with Crippen molar-refractivity contribution in [2.75, 3.05) is 6.61 Å². The Bertz CT molecular complexity index is 847. The molecule has 0 bridgehead atoms. The number of hydrogen-bond donors (Lipinski definition) is 1. The minimum atomic E-state index is -0.634. The van der Waals surface area contributed by atoms with Gasteiger partial charge in [-0.15, -0.1) is 0 Å². The number of halogens is 1. The molecule has 0 fully saturated rings. The third-order valence-electron chi connectivity index (χ3n) is 4.99. The topological polar surface area (TPSA) is 58.6 Å². The van der Waals surface area contributed by atoms with Crippen molar-refractivity contribution >= 4 is 23.4 Å². The molecule has 0 aliphatic heterocycles. The first kappa shape index (κ1) is 23.7. The Kier molecular flexibility index (Phi) is 8.72. The molecule has 2 atom stereocenters. The standard InChI is InChI=1S/C24H31ClN2O3/c1-6-18(4)26-24(29)19(5)27(14-20-7-9-21(25)10-8-20)23(28)15-30-22-12-16(2)11-17(3)13-22/h7-13,18-19H,6,14-15H2,1-5H3,(H,26,29)/t18-,19+/m1/s1. The fraction of sp³-hybridized carbons (Fsp3) is 0.417. The maximum absolute atomic E-state index is 13.1. The second kappa shape index (κ2) is 11.0. The predicted octanol–water partition coefficient (Wildman–Crippen LogP) is 4.67. The van der Waals surface area contributed by atoms with E-state index in [-0.39, 0.29) is 24.5 Å². The number of amides is 2. The van der Waals surface area contributed by atoms with Crippen molar-refractivity contribution in [1.29, 1.82) is 0 Å². The molecule has 2 aromatic rings. The monoisotopic (exact) mass is 430 g/mol. The summed E-state index contributed by atoms with van der Waals surface area (Å²) in [4.78, 5) is 27.3. The highest BCUT2D eigenvalue weighted by atomic mass is 35.5. The van der Waals surface area contributed by atoms with E-state index in [1.807, 2.05) is 58.0 Å². The molecule has 6 heteroatoms. The molecule has 0 radical (unpaired) electrons. The van der Waals surface area contributed by atoms with Gasteiger partial charge in [0.05, 0.1) is 0 Å². The van der Waals surface area contributed by atoms with Crippen LogP contribution in [0.2, 0.25) is 5.02 Å². The van der Waals surface area contributed by atoms with E-state index < -0.39 is 6.04 Å². The van der Waals surface area contributed by atoms with Gasteiger partial charge >= 0.3 is 0 Å². The second-order valence-corrected chi connectivity index (χ2v) is 8.19. The third-order valence-corrected chi connectivity index (χ3v) is 5.24. The lowest BCUT2D eigenvalue weighted by atomic mass is 10.1. The summed E-state index contributed by atoms with van der Waals surface area (Å²) in [7, 11) is 0. The number of hydrogen-bond acceptors (Lipinski definition) is 3. The SMILES string of the molecule is CC[C@@H](C)NC(=O)[C@H](C)N(Cc1ccc(Cl)cc1)C(=O)COc1cc(C)cc(C)c1. The van der Waals surface area contributed by atoms with E-state index in [4.69, 9.17) is 16.3 Å². The minimum absolute atomic E-state index is 0.0407. The molecule has 2 rings (SSSR count). The number of carbonyl (C=O) groups is 2. The Hall–Kier alpha value is -2.53. The van der Waals surface area contributed by atoms with Crippen molar-refractivity contribution in [3.63, 3.8) is 0 Å². The van der Waals surface area contributed by atoms with Crippen LogP contribution in [-0.2, 0) is 16.1 Å². The van der Waals surface area contributed by atoms with Gasteiger partial charge in [0, 0.05) is 17.6 Å². The van der Waals surface area contributed by atoms with Crippen molar-refractivity contribution in [1.82, 2.24) is 10.2 Å². The van der Waals surface area contributed by atoms with E-state index in [2.05, 4.69) is 5.32 Å². The Morgan fingerprint density at radius 3 is 2.23 bits per heavy atom. The summed E-state index contributed by atoms with van der Waals surface area (Å²) in [6.07, 6.45) is 0.819. The van der Waals surface area contributed by atoms with Crippen LogP contribution in [0, 0.1) is 13.8 Å². The summed E-state index contributed by atoms with van der Waals surface area (Å²) in [6, 6.07) is 12.5.